The van der Waals surface area contributed by atoms with Gasteiger partial charge in [0.1, 0.15) is 18.0 Å². The minimum Gasteiger partial charge on any atom is -0.373 e. The second-order valence-electron chi connectivity index (χ2n) is 4.70. The summed E-state index contributed by atoms with van der Waals surface area (Å²) in [5, 5.41) is 3.13. The molecule has 17 heavy (non-hydrogen) atoms. The third-order valence-corrected chi connectivity index (χ3v) is 3.31. The van der Waals surface area contributed by atoms with Gasteiger partial charge in [-0.15, -0.1) is 0 Å². The van der Waals surface area contributed by atoms with Gasteiger partial charge in [0.15, 0.2) is 0 Å². The van der Waals surface area contributed by atoms with E-state index >= 15 is 0 Å². The van der Waals surface area contributed by atoms with Crippen LogP contribution in [0.25, 0.3) is 0 Å². The molecule has 0 spiro atoms. The molecular formula is C13H22N4. The molecule has 94 valence electrons. The van der Waals surface area contributed by atoms with Crippen molar-refractivity contribution in [1.82, 2.24) is 9.97 Å². The summed E-state index contributed by atoms with van der Waals surface area (Å²) in [6, 6.07) is 0.708. The van der Waals surface area contributed by atoms with E-state index in [0.29, 0.717) is 6.04 Å². The van der Waals surface area contributed by atoms with Crippen LogP contribution >= 0.6 is 0 Å². The summed E-state index contributed by atoms with van der Waals surface area (Å²) in [6.45, 7) is 5.45. The first-order valence-corrected chi connectivity index (χ1v) is 6.54. The number of unbranched alkanes of at least 4 members (excludes halogenated alkanes) is 1. The molecule has 0 saturated heterocycles. The second-order valence-corrected chi connectivity index (χ2v) is 4.70. The fourth-order valence-corrected chi connectivity index (χ4v) is 2.16. The molecule has 1 fully saturated rings. The Kier molecular flexibility index (Phi) is 3.82. The second kappa shape index (κ2) is 5.34. The first kappa shape index (κ1) is 12.1. The third-order valence-electron chi connectivity index (χ3n) is 3.31. The van der Waals surface area contributed by atoms with E-state index in [1.54, 1.807) is 6.33 Å². The molecule has 0 atom stereocenters. The van der Waals surface area contributed by atoms with E-state index in [9.17, 15) is 0 Å². The van der Waals surface area contributed by atoms with Crippen LogP contribution in [-0.4, -0.2) is 29.6 Å². The summed E-state index contributed by atoms with van der Waals surface area (Å²) in [5.74, 6) is 2.05. The van der Waals surface area contributed by atoms with Crippen LogP contribution < -0.4 is 10.2 Å². The lowest BCUT2D eigenvalue weighted by Gasteiger charge is -2.25. The topological polar surface area (TPSA) is 41.1 Å². The van der Waals surface area contributed by atoms with Crippen molar-refractivity contribution in [3.8, 4) is 0 Å². The van der Waals surface area contributed by atoms with Crippen molar-refractivity contribution < 1.29 is 0 Å². The lowest BCUT2D eigenvalue weighted by molar-refractivity contribution is 0.701. The Morgan fingerprint density at radius 1 is 1.41 bits per heavy atom. The summed E-state index contributed by atoms with van der Waals surface area (Å²) < 4.78 is 0. The van der Waals surface area contributed by atoms with E-state index in [1.165, 1.54) is 25.7 Å². The molecule has 1 aliphatic rings. The van der Waals surface area contributed by atoms with E-state index in [2.05, 4.69) is 34.0 Å². The Hall–Kier alpha value is -1.32. The lowest BCUT2D eigenvalue weighted by atomic mass is 10.2. The van der Waals surface area contributed by atoms with Gasteiger partial charge in [0.05, 0.1) is 0 Å². The lowest BCUT2D eigenvalue weighted by Crippen LogP contribution is -2.28. The molecule has 1 saturated carbocycles. The number of nitrogens with zero attached hydrogens (tertiary/aromatic N) is 3. The van der Waals surface area contributed by atoms with Crippen molar-refractivity contribution in [3.05, 3.63) is 11.9 Å². The van der Waals surface area contributed by atoms with Gasteiger partial charge in [-0.1, -0.05) is 13.3 Å². The standard InChI is InChI=1S/C13H22N4/c1-4-5-8-17(11-6-7-11)13-10(2)12(14-3)15-9-16-13/h9,11H,4-8H2,1-3H3,(H,14,15,16). The minimum absolute atomic E-state index is 0.708. The van der Waals surface area contributed by atoms with Crippen molar-refractivity contribution in [2.24, 2.45) is 0 Å². The van der Waals surface area contributed by atoms with Crippen LogP contribution in [-0.2, 0) is 0 Å². The normalized spacial score (nSPS) is 14.8. The maximum Gasteiger partial charge on any atom is 0.137 e. The average Bonchev–Trinajstić information content (AvgIpc) is 3.16. The van der Waals surface area contributed by atoms with Crippen molar-refractivity contribution in [2.75, 3.05) is 23.8 Å². The van der Waals surface area contributed by atoms with Gasteiger partial charge in [-0.25, -0.2) is 9.97 Å². The maximum atomic E-state index is 4.48. The summed E-state index contributed by atoms with van der Waals surface area (Å²) >= 11 is 0. The molecular weight excluding hydrogens is 212 g/mol. The number of nitrogens with one attached hydrogen (secondary N) is 1. The van der Waals surface area contributed by atoms with Crippen LogP contribution in [0.5, 0.6) is 0 Å². The number of hydrogen-bond donors (Lipinski definition) is 1. The zero-order chi connectivity index (χ0) is 12.3. The molecule has 0 radical (unpaired) electrons. The van der Waals surface area contributed by atoms with Crippen molar-refractivity contribution in [3.63, 3.8) is 0 Å². The number of anilines is 2. The molecule has 1 aromatic rings. The highest BCUT2D eigenvalue weighted by molar-refractivity contribution is 5.58. The zero-order valence-electron chi connectivity index (χ0n) is 11.0. The number of rotatable bonds is 6. The van der Waals surface area contributed by atoms with Crippen LogP contribution in [0.2, 0.25) is 0 Å². The molecule has 0 aliphatic heterocycles. The summed E-state index contributed by atoms with van der Waals surface area (Å²) in [5.41, 5.74) is 1.16. The molecule has 1 aliphatic carbocycles. The highest BCUT2D eigenvalue weighted by Crippen LogP contribution is 2.33. The van der Waals surface area contributed by atoms with Gasteiger partial charge in [0, 0.05) is 25.2 Å². The Labute approximate surface area is 103 Å². The van der Waals surface area contributed by atoms with E-state index in [4.69, 9.17) is 0 Å². The van der Waals surface area contributed by atoms with Gasteiger partial charge < -0.3 is 10.2 Å². The molecule has 0 bridgehead atoms. The van der Waals surface area contributed by atoms with Gasteiger partial charge in [0.25, 0.3) is 0 Å². The quantitative estimate of drug-likeness (QED) is 0.821. The first-order chi connectivity index (χ1) is 8.27. The summed E-state index contributed by atoms with van der Waals surface area (Å²) in [7, 11) is 1.91. The highest BCUT2D eigenvalue weighted by Gasteiger charge is 2.30. The van der Waals surface area contributed by atoms with E-state index in [-0.39, 0.29) is 0 Å². The molecule has 0 aromatic carbocycles. The monoisotopic (exact) mass is 234 g/mol. The minimum atomic E-state index is 0.708. The number of aromatic nitrogens is 2. The smallest absolute Gasteiger partial charge is 0.137 e. The van der Waals surface area contributed by atoms with Crippen molar-refractivity contribution in [2.45, 2.75) is 45.6 Å². The van der Waals surface area contributed by atoms with E-state index < -0.39 is 0 Å². The van der Waals surface area contributed by atoms with E-state index in [0.717, 1.165) is 23.7 Å². The number of hydrogen-bond acceptors (Lipinski definition) is 4. The van der Waals surface area contributed by atoms with Gasteiger partial charge in [-0.3, -0.25) is 0 Å². The highest BCUT2D eigenvalue weighted by atomic mass is 15.2. The fraction of sp³-hybridized carbons (Fsp3) is 0.692. The molecule has 2 rings (SSSR count). The molecule has 1 heterocycles. The molecule has 1 aromatic heterocycles. The predicted molar refractivity (Wildman–Crippen MR) is 71.6 cm³/mol. The van der Waals surface area contributed by atoms with Crippen LogP contribution in [0.1, 0.15) is 38.2 Å². The maximum absolute atomic E-state index is 4.48. The molecule has 0 unspecified atom stereocenters. The van der Waals surface area contributed by atoms with Crippen LogP contribution in [0.15, 0.2) is 6.33 Å². The van der Waals surface area contributed by atoms with Crippen molar-refractivity contribution in [1.29, 1.82) is 0 Å². The van der Waals surface area contributed by atoms with Crippen molar-refractivity contribution >= 4 is 11.6 Å². The third kappa shape index (κ3) is 2.68. The van der Waals surface area contributed by atoms with E-state index in [1.807, 2.05) is 7.05 Å². The van der Waals surface area contributed by atoms with Gasteiger partial charge in [-0.05, 0) is 26.2 Å². The van der Waals surface area contributed by atoms with Gasteiger partial charge in [0.2, 0.25) is 0 Å². The predicted octanol–water partition coefficient (Wildman–Crippen LogP) is 2.60. The van der Waals surface area contributed by atoms with Crippen LogP contribution in [0, 0.1) is 6.92 Å². The Balaban J connectivity index is 2.22. The largest absolute Gasteiger partial charge is 0.373 e. The molecule has 4 nitrogen and oxygen atoms in total. The fourth-order valence-electron chi connectivity index (χ4n) is 2.16. The Morgan fingerprint density at radius 2 is 2.18 bits per heavy atom. The summed E-state index contributed by atoms with van der Waals surface area (Å²) in [4.78, 5) is 11.2. The SMILES string of the molecule is CCCCN(c1ncnc(NC)c1C)C1CC1. The Bertz CT molecular complexity index is 374. The molecule has 4 heteroatoms. The van der Waals surface area contributed by atoms with Gasteiger partial charge >= 0.3 is 0 Å². The summed E-state index contributed by atoms with van der Waals surface area (Å²) in [6.07, 6.45) is 6.74. The zero-order valence-corrected chi connectivity index (χ0v) is 11.0. The van der Waals surface area contributed by atoms with Gasteiger partial charge in [-0.2, -0.15) is 0 Å². The average molecular weight is 234 g/mol. The molecule has 1 N–H and O–H groups in total. The Morgan fingerprint density at radius 3 is 2.76 bits per heavy atom. The molecule has 0 amide bonds. The van der Waals surface area contributed by atoms with Crippen LogP contribution in [0.3, 0.4) is 0 Å². The van der Waals surface area contributed by atoms with Crippen LogP contribution in [0.4, 0.5) is 11.6 Å². The first-order valence-electron chi connectivity index (χ1n) is 6.54.